The summed E-state index contributed by atoms with van der Waals surface area (Å²) < 4.78 is 0. The Hall–Kier alpha value is -3.15. The van der Waals surface area contributed by atoms with Gasteiger partial charge < -0.3 is 0 Å². The fraction of sp³-hybridized carbons (Fsp3) is 0.651. The molecule has 5 heteroatoms. The summed E-state index contributed by atoms with van der Waals surface area (Å²) >= 11 is 0. The molecule has 0 atom stereocenters. The number of hydroxylamine groups is 2. The maximum atomic E-state index is 12.5. The first kappa shape index (κ1) is 41.0. The predicted molar refractivity (Wildman–Crippen MR) is 201 cm³/mol. The summed E-state index contributed by atoms with van der Waals surface area (Å²) in [5, 5.41) is 1.55. The lowest BCUT2D eigenvalue weighted by Crippen LogP contribution is -2.30. The first-order valence-corrected chi connectivity index (χ1v) is 19.3. The van der Waals surface area contributed by atoms with Crippen LogP contribution in [-0.4, -0.2) is 34.6 Å². The molecule has 1 amide bonds. The number of hydrogen-bond donors (Lipinski definition) is 0. The van der Waals surface area contributed by atoms with Crippen molar-refractivity contribution in [3.8, 4) is 23.7 Å². The van der Waals surface area contributed by atoms with Crippen LogP contribution in [0.4, 0.5) is 0 Å². The minimum absolute atomic E-state index is 0.0955. The van der Waals surface area contributed by atoms with Crippen molar-refractivity contribution in [2.24, 2.45) is 0 Å². The molecule has 48 heavy (non-hydrogen) atoms. The zero-order valence-corrected chi connectivity index (χ0v) is 30.4. The molecule has 0 saturated heterocycles. The third-order valence-electron chi connectivity index (χ3n) is 8.83. The highest BCUT2D eigenvalue weighted by molar-refractivity contribution is 5.74. The fourth-order valence-corrected chi connectivity index (χ4v) is 5.88. The van der Waals surface area contributed by atoms with Gasteiger partial charge in [-0.2, -0.15) is 0 Å². The summed E-state index contributed by atoms with van der Waals surface area (Å²) in [6, 6.07) is 8.38. The van der Waals surface area contributed by atoms with Gasteiger partial charge >= 0.3 is 0 Å². The summed E-state index contributed by atoms with van der Waals surface area (Å²) in [5.41, 5.74) is 2.70. The Bertz CT molecular complexity index is 1150. The summed E-state index contributed by atoms with van der Waals surface area (Å²) in [4.78, 5) is 26.3. The standard InChI is InChI=1S/C43H65N3O2/c1-48-46(38-28-24-20-16-12-8-3-2-5-9-13-17-21-25-31-41-33-29-36-44-39-41)43(47)35-27-23-19-15-11-7-4-6-10-14-18-22-26-32-42-34-30-37-45-40-42/h29-30,33-34,36-37,39-40H,2,4-7,9-10,12-14,16-28,31-32,35,38H2,1H3. The van der Waals surface area contributed by atoms with Crippen molar-refractivity contribution in [1.29, 1.82) is 0 Å². The SMILES string of the molecule is CON(CCCCCCC#CCCCCCCCCc1cccnc1)C(=O)CCCCC#CCCCCCCCCCc1cccnc1. The highest BCUT2D eigenvalue weighted by atomic mass is 16.7. The number of aromatic nitrogens is 2. The predicted octanol–water partition coefficient (Wildman–Crippen LogP) is 11.0. The topological polar surface area (TPSA) is 55.3 Å². The number of hydrogen-bond acceptors (Lipinski definition) is 4. The number of aryl methyl sites for hydroxylation is 2. The molecule has 0 aliphatic rings. The van der Waals surface area contributed by atoms with Crippen LogP contribution in [0.25, 0.3) is 0 Å². The van der Waals surface area contributed by atoms with Gasteiger partial charge in [0.25, 0.3) is 0 Å². The first-order valence-electron chi connectivity index (χ1n) is 19.3. The molecule has 2 rings (SSSR count). The number of nitrogens with zero attached hydrogens (tertiary/aromatic N) is 3. The number of pyridine rings is 2. The second kappa shape index (κ2) is 31.1. The summed E-state index contributed by atoms with van der Waals surface area (Å²) in [6.07, 6.45) is 37.4. The average molecular weight is 656 g/mol. The Kier molecular flexibility index (Phi) is 26.6. The molecule has 0 N–H and O–H groups in total. The summed E-state index contributed by atoms with van der Waals surface area (Å²) in [5.74, 6) is 13.4. The molecule has 0 bridgehead atoms. The molecular weight excluding hydrogens is 590 g/mol. The number of carbonyl (C=O) groups excluding carboxylic acids is 1. The molecule has 0 fully saturated rings. The molecule has 0 aliphatic carbocycles. The molecular formula is C43H65N3O2. The van der Waals surface area contributed by atoms with E-state index in [0.717, 1.165) is 77.0 Å². The highest BCUT2D eigenvalue weighted by Crippen LogP contribution is 2.12. The lowest BCUT2D eigenvalue weighted by molar-refractivity contribution is -0.176. The molecule has 0 radical (unpaired) electrons. The van der Waals surface area contributed by atoms with Crippen molar-refractivity contribution in [3.63, 3.8) is 0 Å². The lowest BCUT2D eigenvalue weighted by atomic mass is 10.1. The van der Waals surface area contributed by atoms with Crippen LogP contribution in [0, 0.1) is 23.7 Å². The van der Waals surface area contributed by atoms with Gasteiger partial charge in [-0.3, -0.25) is 19.6 Å². The molecule has 2 heterocycles. The number of carbonyl (C=O) groups is 1. The van der Waals surface area contributed by atoms with E-state index in [1.165, 1.54) is 94.6 Å². The van der Waals surface area contributed by atoms with Crippen LogP contribution in [-0.2, 0) is 22.5 Å². The van der Waals surface area contributed by atoms with Crippen LogP contribution in [0.15, 0.2) is 49.1 Å². The molecule has 2 aromatic rings. The van der Waals surface area contributed by atoms with E-state index in [1.807, 2.05) is 36.9 Å². The maximum Gasteiger partial charge on any atom is 0.246 e. The van der Waals surface area contributed by atoms with E-state index in [1.54, 1.807) is 12.2 Å². The van der Waals surface area contributed by atoms with Crippen LogP contribution in [0.5, 0.6) is 0 Å². The molecule has 264 valence electrons. The van der Waals surface area contributed by atoms with E-state index < -0.39 is 0 Å². The van der Waals surface area contributed by atoms with Crippen LogP contribution in [0.3, 0.4) is 0 Å². The van der Waals surface area contributed by atoms with Gasteiger partial charge in [0.2, 0.25) is 5.91 Å². The maximum absolute atomic E-state index is 12.5. The van der Waals surface area contributed by atoms with Gasteiger partial charge in [0.1, 0.15) is 0 Å². The van der Waals surface area contributed by atoms with Crippen molar-refractivity contribution in [2.45, 2.75) is 167 Å². The molecule has 0 spiro atoms. The Morgan fingerprint density at radius 1 is 0.562 bits per heavy atom. The van der Waals surface area contributed by atoms with Gasteiger partial charge in [-0.05, 0) is 87.5 Å². The monoisotopic (exact) mass is 656 g/mol. The highest BCUT2D eigenvalue weighted by Gasteiger charge is 2.12. The zero-order valence-electron chi connectivity index (χ0n) is 30.4. The van der Waals surface area contributed by atoms with E-state index in [-0.39, 0.29) is 5.91 Å². The zero-order chi connectivity index (χ0) is 34.0. The summed E-state index contributed by atoms with van der Waals surface area (Å²) in [6.45, 7) is 0.676. The Labute approximate surface area is 294 Å². The van der Waals surface area contributed by atoms with E-state index in [9.17, 15) is 4.79 Å². The van der Waals surface area contributed by atoms with Gasteiger partial charge in [0, 0.05) is 63.4 Å². The number of unbranched alkanes of at least 4 members (excludes halogenated alkanes) is 19. The van der Waals surface area contributed by atoms with Crippen molar-refractivity contribution in [2.75, 3.05) is 13.7 Å². The lowest BCUT2D eigenvalue weighted by Gasteiger charge is -2.19. The molecule has 5 nitrogen and oxygen atoms in total. The normalized spacial score (nSPS) is 10.6. The quantitative estimate of drug-likeness (QED) is 0.0520. The van der Waals surface area contributed by atoms with Crippen molar-refractivity contribution in [1.82, 2.24) is 15.0 Å². The number of amides is 1. The van der Waals surface area contributed by atoms with Crippen LogP contribution < -0.4 is 0 Å². The van der Waals surface area contributed by atoms with Crippen molar-refractivity contribution in [3.05, 3.63) is 60.2 Å². The molecule has 0 unspecified atom stereocenters. The third kappa shape index (κ3) is 24.1. The number of rotatable bonds is 28. The third-order valence-corrected chi connectivity index (χ3v) is 8.83. The van der Waals surface area contributed by atoms with Crippen molar-refractivity contribution < 1.29 is 9.63 Å². The van der Waals surface area contributed by atoms with Crippen LogP contribution in [0.2, 0.25) is 0 Å². The van der Waals surface area contributed by atoms with E-state index >= 15 is 0 Å². The van der Waals surface area contributed by atoms with E-state index in [0.29, 0.717) is 13.0 Å². The van der Waals surface area contributed by atoms with E-state index in [4.69, 9.17) is 4.84 Å². The molecule has 0 aliphatic heterocycles. The van der Waals surface area contributed by atoms with Gasteiger partial charge in [-0.15, -0.1) is 23.7 Å². The Morgan fingerprint density at radius 2 is 0.958 bits per heavy atom. The second-order valence-electron chi connectivity index (χ2n) is 13.1. The molecule has 0 saturated carbocycles. The Morgan fingerprint density at radius 3 is 1.38 bits per heavy atom. The van der Waals surface area contributed by atoms with E-state index in [2.05, 4.69) is 45.8 Å². The minimum Gasteiger partial charge on any atom is -0.274 e. The second-order valence-corrected chi connectivity index (χ2v) is 13.1. The minimum atomic E-state index is 0.0955. The van der Waals surface area contributed by atoms with Crippen LogP contribution in [0.1, 0.15) is 165 Å². The van der Waals surface area contributed by atoms with Gasteiger partial charge in [-0.1, -0.05) is 82.8 Å². The largest absolute Gasteiger partial charge is 0.274 e. The van der Waals surface area contributed by atoms with Gasteiger partial charge in [0.15, 0.2) is 0 Å². The molecule has 2 aromatic heterocycles. The van der Waals surface area contributed by atoms with Gasteiger partial charge in [-0.25, -0.2) is 5.06 Å². The van der Waals surface area contributed by atoms with Crippen molar-refractivity contribution >= 4 is 5.91 Å². The smallest absolute Gasteiger partial charge is 0.246 e. The summed E-state index contributed by atoms with van der Waals surface area (Å²) in [7, 11) is 1.60. The fourth-order valence-electron chi connectivity index (χ4n) is 5.88. The molecule has 0 aromatic carbocycles. The van der Waals surface area contributed by atoms with Crippen LogP contribution >= 0.6 is 0 Å². The average Bonchev–Trinajstić information content (AvgIpc) is 3.12. The first-order chi connectivity index (χ1) is 23.8. The Balaban J connectivity index is 1.30. The van der Waals surface area contributed by atoms with Gasteiger partial charge in [0.05, 0.1) is 7.11 Å².